The molecular formula is C14H22F9GeO3Zr-. The number of hydrogen-bond acceptors (Lipinski definition) is 3. The number of halogens is 9. The maximum atomic E-state index is 12.6. The van der Waals surface area contributed by atoms with Crippen molar-refractivity contribution in [1.82, 2.24) is 0 Å². The predicted molar refractivity (Wildman–Crippen MR) is 83.9 cm³/mol. The van der Waals surface area contributed by atoms with Crippen molar-refractivity contribution < 1.29 is 81.0 Å². The van der Waals surface area contributed by atoms with Crippen molar-refractivity contribution in [2.45, 2.75) is 35.8 Å². The molecule has 1 rings (SSSR count). The molecule has 14 heteroatoms. The molecular weight excluding hydrogens is 551 g/mol. The summed E-state index contributed by atoms with van der Waals surface area (Å²) in [5, 5.41) is 3.64. The fraction of sp³-hybridized carbons (Fsp3) is 0.643. The summed E-state index contributed by atoms with van der Waals surface area (Å²) in [6.07, 6.45) is 0. The number of aliphatic hydroxyl groups excluding tert-OH is 3. The minimum absolute atomic E-state index is 0. The number of rotatable bonds is 1. The molecule has 0 atom stereocenters. The number of alkyl halides is 9. The Hall–Kier alpha value is 0.0260. The molecule has 0 aliphatic heterocycles. The third-order valence-corrected chi connectivity index (χ3v) is 10.2. The third-order valence-electron chi connectivity index (χ3n) is 2.37. The zero-order valence-electron chi connectivity index (χ0n) is 15.2. The van der Waals surface area contributed by atoms with Crippen LogP contribution in [0, 0.1) is 0 Å². The van der Waals surface area contributed by atoms with Gasteiger partial charge in [-0.3, -0.25) is 0 Å². The quantitative estimate of drug-likeness (QED) is 0.275. The summed E-state index contributed by atoms with van der Waals surface area (Å²) in [6.45, 7) is 5.79. The molecule has 0 amide bonds. The summed E-state index contributed by atoms with van der Waals surface area (Å²) in [5.41, 5.74) is 0. The second-order valence-electron chi connectivity index (χ2n) is 4.37. The van der Waals surface area contributed by atoms with Crippen molar-refractivity contribution in [3.05, 3.63) is 24.3 Å². The van der Waals surface area contributed by atoms with Crippen LogP contribution >= 0.6 is 0 Å². The molecule has 0 aliphatic carbocycles. The molecule has 0 heterocycles. The Bertz CT molecular complexity index is 419. The van der Waals surface area contributed by atoms with Crippen molar-refractivity contribution >= 4 is 17.7 Å². The summed E-state index contributed by atoms with van der Waals surface area (Å²) in [4.78, 5) is 0. The summed E-state index contributed by atoms with van der Waals surface area (Å²) in [5.74, 6) is 0. The molecule has 0 aromatic heterocycles. The average Bonchev–Trinajstić information content (AvgIpc) is 2.90. The second kappa shape index (κ2) is 15.8. The Labute approximate surface area is 178 Å². The second-order valence-corrected chi connectivity index (χ2v) is 12.3. The summed E-state index contributed by atoms with van der Waals surface area (Å²) in [6, 6.07) is 1.90. The van der Waals surface area contributed by atoms with Gasteiger partial charge in [0.15, 0.2) is 0 Å². The first-order chi connectivity index (χ1) is 12.1. The van der Waals surface area contributed by atoms with Crippen LogP contribution in [-0.4, -0.2) is 63.4 Å². The van der Waals surface area contributed by atoms with Gasteiger partial charge in [0.2, 0.25) is 0 Å². The van der Waals surface area contributed by atoms with E-state index in [0.29, 0.717) is 0 Å². The molecule has 0 unspecified atom stereocenters. The van der Waals surface area contributed by atoms with Crippen LogP contribution in [0.15, 0.2) is 24.3 Å². The first-order valence-corrected chi connectivity index (χ1v) is 11.5. The van der Waals surface area contributed by atoms with Crippen LogP contribution in [0.5, 0.6) is 0 Å². The third kappa shape index (κ3) is 10.2. The minimum atomic E-state index is -8.38. The van der Waals surface area contributed by atoms with E-state index in [9.17, 15) is 39.5 Å². The molecule has 1 aromatic carbocycles. The summed E-state index contributed by atoms with van der Waals surface area (Å²) < 4.78 is 111. The molecule has 28 heavy (non-hydrogen) atoms. The number of aliphatic hydroxyl groups is 3. The first-order valence-electron chi connectivity index (χ1n) is 7.35. The molecule has 0 fully saturated rings. The zero-order chi connectivity index (χ0) is 22.5. The van der Waals surface area contributed by atoms with Crippen LogP contribution in [0.1, 0.15) is 20.8 Å². The van der Waals surface area contributed by atoms with Gasteiger partial charge in [-0.1, -0.05) is 0 Å². The molecule has 0 saturated heterocycles. The van der Waals surface area contributed by atoms with Crippen LogP contribution in [0.2, 0.25) is 0 Å². The van der Waals surface area contributed by atoms with Gasteiger partial charge in [-0.15, -0.1) is 0 Å². The smallest absolute Gasteiger partial charge is 0 e. The Kier molecular flexibility index (Phi) is 20.0. The van der Waals surface area contributed by atoms with E-state index in [1.807, 2.05) is 0 Å². The van der Waals surface area contributed by atoms with E-state index in [4.69, 9.17) is 15.3 Å². The van der Waals surface area contributed by atoms with Crippen molar-refractivity contribution in [1.29, 1.82) is 0 Å². The van der Waals surface area contributed by atoms with Crippen molar-refractivity contribution in [3.8, 4) is 0 Å². The fourth-order valence-electron chi connectivity index (χ4n) is 1.60. The van der Waals surface area contributed by atoms with Gasteiger partial charge in [0.25, 0.3) is 0 Å². The van der Waals surface area contributed by atoms with Gasteiger partial charge in [0.1, 0.15) is 0 Å². The Morgan fingerprint density at radius 2 is 0.821 bits per heavy atom. The fourth-order valence-corrected chi connectivity index (χ4v) is 7.13. The van der Waals surface area contributed by atoms with Crippen LogP contribution in [-0.2, 0) is 26.2 Å². The van der Waals surface area contributed by atoms with Crippen molar-refractivity contribution in [2.24, 2.45) is 0 Å². The predicted octanol–water partition coefficient (Wildman–Crippen LogP) is 3.36. The Balaban J connectivity index is -0.000000245. The van der Waals surface area contributed by atoms with Crippen LogP contribution in [0.25, 0.3) is 0 Å². The van der Waals surface area contributed by atoms with Gasteiger partial charge < -0.3 is 15.3 Å². The maximum Gasteiger partial charge on any atom is 0 e. The standard InChI is InChI=1S/C8H4F9Ge.3C2H6O.Zr/c9-6(10,11)18(7(12,13)14,8(15,16)17)5-3-1-2-4-5;3*1-2-3;/h1-4H;3*3H,2H2,1H3;/q-1;;;;. The van der Waals surface area contributed by atoms with E-state index in [1.165, 1.54) is 0 Å². The average molecular weight is 573 g/mol. The Morgan fingerprint density at radius 1 is 0.643 bits per heavy atom. The van der Waals surface area contributed by atoms with E-state index in [0.717, 1.165) is 12.1 Å². The molecule has 0 saturated carbocycles. The van der Waals surface area contributed by atoms with Gasteiger partial charge in [0, 0.05) is 46.0 Å². The molecule has 0 bridgehead atoms. The van der Waals surface area contributed by atoms with Crippen LogP contribution < -0.4 is 4.40 Å². The van der Waals surface area contributed by atoms with Gasteiger partial charge in [-0.25, -0.2) is 0 Å². The van der Waals surface area contributed by atoms with Gasteiger partial charge in [-0.2, -0.15) is 0 Å². The molecule has 3 N–H and O–H groups in total. The van der Waals surface area contributed by atoms with Crippen LogP contribution in [0.3, 0.4) is 0 Å². The molecule has 0 radical (unpaired) electrons. The maximum absolute atomic E-state index is 12.6. The van der Waals surface area contributed by atoms with E-state index < -0.39 is 32.7 Å². The van der Waals surface area contributed by atoms with Crippen molar-refractivity contribution in [3.63, 3.8) is 0 Å². The van der Waals surface area contributed by atoms with Crippen LogP contribution in [0.4, 0.5) is 39.5 Å². The van der Waals surface area contributed by atoms with Gasteiger partial charge >= 0.3 is 96.5 Å². The number of hydrogen-bond donors (Lipinski definition) is 3. The first kappa shape index (κ1) is 35.5. The van der Waals surface area contributed by atoms with Crippen molar-refractivity contribution in [2.75, 3.05) is 19.8 Å². The van der Waals surface area contributed by atoms with E-state index in [2.05, 4.69) is 0 Å². The zero-order valence-corrected chi connectivity index (χ0v) is 19.7. The monoisotopic (exact) mass is 573 g/mol. The largest absolute Gasteiger partial charge is 0 e. The van der Waals surface area contributed by atoms with Gasteiger partial charge in [0.05, 0.1) is 0 Å². The summed E-state index contributed by atoms with van der Waals surface area (Å²) in [7, 11) is 0. The van der Waals surface area contributed by atoms with E-state index in [-0.39, 0.29) is 58.2 Å². The molecule has 0 spiro atoms. The topological polar surface area (TPSA) is 60.7 Å². The molecule has 0 aliphatic rings. The summed E-state index contributed by atoms with van der Waals surface area (Å²) >= 11 is -8.38. The molecule has 168 valence electrons. The Morgan fingerprint density at radius 3 is 0.964 bits per heavy atom. The minimum Gasteiger partial charge on any atom is 0 e. The normalized spacial score (nSPS) is 11.5. The van der Waals surface area contributed by atoms with E-state index >= 15 is 0 Å². The van der Waals surface area contributed by atoms with E-state index in [1.54, 1.807) is 20.8 Å². The SMILES string of the molecule is CCO.CCO.CCO.F[C](F)(F)[Ge]([c-]1cccc1)([C](F)(F)F)[C](F)(F)F.[Zr]. The molecule has 1 aromatic rings. The molecule has 3 nitrogen and oxygen atoms in total. The van der Waals surface area contributed by atoms with Gasteiger partial charge in [-0.05, 0) is 20.8 Å².